The molecule has 2 heterocycles. The van der Waals surface area contributed by atoms with Gasteiger partial charge in [0, 0.05) is 27.7 Å². The Balaban J connectivity index is 1.64. The van der Waals surface area contributed by atoms with Crippen LogP contribution in [-0.4, -0.2) is 16.1 Å². The van der Waals surface area contributed by atoms with Crippen molar-refractivity contribution in [1.29, 1.82) is 0 Å². The summed E-state index contributed by atoms with van der Waals surface area (Å²) in [7, 11) is 0. The lowest BCUT2D eigenvalue weighted by molar-refractivity contribution is -0.142. The number of nitrogens with one attached hydrogen (secondary N) is 1. The van der Waals surface area contributed by atoms with Gasteiger partial charge < -0.3 is 10.4 Å². The molecule has 0 bridgehead atoms. The van der Waals surface area contributed by atoms with Crippen molar-refractivity contribution < 1.29 is 9.90 Å². The third kappa shape index (κ3) is 3.49. The van der Waals surface area contributed by atoms with Gasteiger partial charge in [0.1, 0.15) is 5.01 Å². The second kappa shape index (κ2) is 6.75. The fraction of sp³-hybridized carbons (Fsp3) is 0.222. The zero-order valence-electron chi connectivity index (χ0n) is 13.4. The van der Waals surface area contributed by atoms with Gasteiger partial charge in [-0.1, -0.05) is 12.1 Å². The van der Waals surface area contributed by atoms with Gasteiger partial charge in [0.2, 0.25) is 0 Å². The van der Waals surface area contributed by atoms with Crippen LogP contribution >= 0.6 is 22.7 Å². The Bertz CT molecular complexity index is 821. The molecular formula is C18H18N2O2S2. The number of carbonyl (C=O) groups is 1. The van der Waals surface area contributed by atoms with Crippen molar-refractivity contribution in [2.75, 3.05) is 5.32 Å². The highest BCUT2D eigenvalue weighted by molar-refractivity contribution is 7.15. The van der Waals surface area contributed by atoms with Crippen LogP contribution in [0.25, 0.3) is 10.6 Å². The molecule has 0 unspecified atom stereocenters. The van der Waals surface area contributed by atoms with Crippen LogP contribution in [0.3, 0.4) is 0 Å². The summed E-state index contributed by atoms with van der Waals surface area (Å²) in [5.41, 5.74) is 2.03. The van der Waals surface area contributed by atoms with Gasteiger partial charge in [-0.2, -0.15) is 11.3 Å². The molecular weight excluding hydrogens is 340 g/mol. The molecule has 0 saturated heterocycles. The van der Waals surface area contributed by atoms with E-state index < -0.39 is 11.4 Å². The van der Waals surface area contributed by atoms with Crippen LogP contribution in [0.5, 0.6) is 0 Å². The Morgan fingerprint density at radius 2 is 2.00 bits per heavy atom. The van der Waals surface area contributed by atoms with E-state index in [0.29, 0.717) is 6.54 Å². The summed E-state index contributed by atoms with van der Waals surface area (Å²) in [6.07, 6.45) is 1.90. The first-order valence-corrected chi connectivity index (χ1v) is 9.28. The Kier molecular flexibility index (Phi) is 4.69. The predicted octanol–water partition coefficient (Wildman–Crippen LogP) is 4.85. The lowest BCUT2D eigenvalue weighted by Gasteiger charge is -2.20. The molecule has 1 aromatic carbocycles. The number of benzene rings is 1. The van der Waals surface area contributed by atoms with E-state index in [1.807, 2.05) is 30.5 Å². The van der Waals surface area contributed by atoms with Crippen molar-refractivity contribution in [2.45, 2.75) is 25.8 Å². The van der Waals surface area contributed by atoms with E-state index in [1.165, 1.54) is 0 Å². The van der Waals surface area contributed by atoms with E-state index in [-0.39, 0.29) is 0 Å². The predicted molar refractivity (Wildman–Crippen MR) is 99.9 cm³/mol. The normalized spacial score (nSPS) is 11.4. The number of rotatable bonds is 6. The zero-order chi connectivity index (χ0) is 17.2. The highest BCUT2D eigenvalue weighted by Gasteiger charge is 2.29. The third-order valence-corrected chi connectivity index (χ3v) is 5.66. The number of hydrogen-bond acceptors (Lipinski definition) is 5. The highest BCUT2D eigenvalue weighted by atomic mass is 32.1. The van der Waals surface area contributed by atoms with E-state index in [2.05, 4.69) is 27.1 Å². The summed E-state index contributed by atoms with van der Waals surface area (Å²) in [6, 6.07) is 9.63. The van der Waals surface area contributed by atoms with Crippen LogP contribution in [0.4, 0.5) is 5.69 Å². The summed E-state index contributed by atoms with van der Waals surface area (Å²) in [5, 5.41) is 17.8. The van der Waals surface area contributed by atoms with Gasteiger partial charge in [0.15, 0.2) is 0 Å². The van der Waals surface area contributed by atoms with Crippen molar-refractivity contribution in [2.24, 2.45) is 0 Å². The molecule has 0 aliphatic heterocycles. The lowest BCUT2D eigenvalue weighted by Crippen LogP contribution is -2.28. The molecule has 0 atom stereocenters. The fourth-order valence-electron chi connectivity index (χ4n) is 2.23. The number of carboxylic acids is 1. The smallest absolute Gasteiger partial charge is 0.313 e. The van der Waals surface area contributed by atoms with Crippen LogP contribution in [0, 0.1) is 0 Å². The molecule has 2 N–H and O–H groups in total. The van der Waals surface area contributed by atoms with Gasteiger partial charge in [-0.3, -0.25) is 4.79 Å². The van der Waals surface area contributed by atoms with E-state index in [4.69, 9.17) is 0 Å². The summed E-state index contributed by atoms with van der Waals surface area (Å²) in [6.45, 7) is 4.12. The van der Waals surface area contributed by atoms with Crippen LogP contribution in [0.15, 0.2) is 47.3 Å². The molecule has 6 heteroatoms. The standard InChI is InChI=1S/C18H18N2O2S2/c1-18(2,17(21)22)13-3-5-14(6-4-13)19-9-15-10-20-16(24-15)12-7-8-23-11-12/h3-8,10-11,19H,9H2,1-2H3,(H,21,22). The Morgan fingerprint density at radius 3 is 2.62 bits per heavy atom. The number of anilines is 1. The average Bonchev–Trinajstić information content (AvgIpc) is 3.24. The second-order valence-corrected chi connectivity index (χ2v) is 7.90. The number of hydrogen-bond donors (Lipinski definition) is 2. The van der Waals surface area contributed by atoms with E-state index >= 15 is 0 Å². The van der Waals surface area contributed by atoms with E-state index in [0.717, 1.165) is 26.7 Å². The van der Waals surface area contributed by atoms with Gasteiger partial charge in [-0.15, -0.1) is 11.3 Å². The largest absolute Gasteiger partial charge is 0.481 e. The number of aliphatic carboxylic acids is 1. The van der Waals surface area contributed by atoms with Crippen molar-refractivity contribution >= 4 is 34.3 Å². The fourth-order valence-corrected chi connectivity index (χ4v) is 3.79. The maximum atomic E-state index is 11.3. The molecule has 124 valence electrons. The van der Waals surface area contributed by atoms with Crippen LogP contribution in [0.2, 0.25) is 0 Å². The van der Waals surface area contributed by atoms with Crippen LogP contribution < -0.4 is 5.32 Å². The monoisotopic (exact) mass is 358 g/mol. The van der Waals surface area contributed by atoms with Crippen molar-refractivity contribution in [3.8, 4) is 10.6 Å². The minimum Gasteiger partial charge on any atom is -0.481 e. The van der Waals surface area contributed by atoms with Gasteiger partial charge in [0.05, 0.1) is 12.0 Å². The molecule has 0 aliphatic rings. The first kappa shape index (κ1) is 16.7. The van der Waals surface area contributed by atoms with Crippen molar-refractivity contribution in [3.05, 3.63) is 57.7 Å². The second-order valence-electron chi connectivity index (χ2n) is 6.00. The topological polar surface area (TPSA) is 62.2 Å². The summed E-state index contributed by atoms with van der Waals surface area (Å²) in [4.78, 5) is 16.9. The van der Waals surface area contributed by atoms with Gasteiger partial charge >= 0.3 is 5.97 Å². The van der Waals surface area contributed by atoms with Gasteiger partial charge in [-0.25, -0.2) is 4.98 Å². The molecule has 0 saturated carbocycles. The summed E-state index contributed by atoms with van der Waals surface area (Å²) >= 11 is 3.34. The Hall–Kier alpha value is -2.18. The van der Waals surface area contributed by atoms with Crippen LogP contribution in [-0.2, 0) is 16.8 Å². The number of nitrogens with zero attached hydrogens (tertiary/aromatic N) is 1. The molecule has 0 aliphatic carbocycles. The molecule has 0 fully saturated rings. The zero-order valence-corrected chi connectivity index (χ0v) is 15.1. The molecule has 0 amide bonds. The minimum absolute atomic E-state index is 0.698. The maximum Gasteiger partial charge on any atom is 0.313 e. The van der Waals surface area contributed by atoms with E-state index in [9.17, 15) is 9.90 Å². The molecule has 0 radical (unpaired) electrons. The van der Waals surface area contributed by atoms with Gasteiger partial charge in [0.25, 0.3) is 0 Å². The maximum absolute atomic E-state index is 11.3. The summed E-state index contributed by atoms with van der Waals surface area (Å²) in [5.74, 6) is -0.825. The molecule has 4 nitrogen and oxygen atoms in total. The Labute approximate surface area is 148 Å². The third-order valence-electron chi connectivity index (χ3n) is 3.93. The first-order valence-electron chi connectivity index (χ1n) is 7.52. The molecule has 0 spiro atoms. The number of aromatic nitrogens is 1. The average molecular weight is 358 g/mol. The number of thiophene rings is 1. The first-order chi connectivity index (χ1) is 11.5. The quantitative estimate of drug-likeness (QED) is 0.661. The number of carboxylic acid groups (broad SMARTS) is 1. The number of thiazole rings is 1. The molecule has 3 rings (SSSR count). The molecule has 2 aromatic heterocycles. The lowest BCUT2D eigenvalue weighted by atomic mass is 9.85. The Morgan fingerprint density at radius 1 is 1.25 bits per heavy atom. The SMILES string of the molecule is CC(C)(C(=O)O)c1ccc(NCc2cnc(-c3ccsc3)s2)cc1. The summed E-state index contributed by atoms with van der Waals surface area (Å²) < 4.78 is 0. The van der Waals surface area contributed by atoms with E-state index in [1.54, 1.807) is 36.5 Å². The molecule has 24 heavy (non-hydrogen) atoms. The minimum atomic E-state index is -0.883. The molecule has 3 aromatic rings. The van der Waals surface area contributed by atoms with Crippen LogP contribution in [0.1, 0.15) is 24.3 Å². The van der Waals surface area contributed by atoms with Crippen molar-refractivity contribution in [1.82, 2.24) is 4.98 Å². The highest BCUT2D eigenvalue weighted by Crippen LogP contribution is 2.28. The van der Waals surface area contributed by atoms with Gasteiger partial charge in [-0.05, 0) is 43.0 Å². The van der Waals surface area contributed by atoms with Crippen molar-refractivity contribution in [3.63, 3.8) is 0 Å².